The van der Waals surface area contributed by atoms with Gasteiger partial charge in [-0.1, -0.05) is 61.0 Å². The molecule has 150 valence electrons. The van der Waals surface area contributed by atoms with Crippen molar-refractivity contribution in [3.63, 3.8) is 0 Å². The summed E-state index contributed by atoms with van der Waals surface area (Å²) in [5.74, 6) is -0.183. The Morgan fingerprint density at radius 2 is 1.64 bits per heavy atom. The second-order valence-corrected chi connectivity index (χ2v) is 7.56. The van der Waals surface area contributed by atoms with Gasteiger partial charge in [0.25, 0.3) is 0 Å². The predicted molar refractivity (Wildman–Crippen MR) is 114 cm³/mol. The standard InChI is InChI=1S/C23H29ClN2O2/c1-4-17(2)25-23(28)18(3)26(15-14-19-8-6-5-7-9-19)22(27)16-20-10-12-21(24)13-11-20/h5-13,17-18H,4,14-16H2,1-3H3,(H,25,28)/t17-,18-/m1/s1. The molecule has 2 atom stereocenters. The molecule has 5 heteroatoms. The molecule has 2 amide bonds. The number of nitrogens with zero attached hydrogens (tertiary/aromatic N) is 1. The Morgan fingerprint density at radius 3 is 2.25 bits per heavy atom. The first-order chi connectivity index (χ1) is 13.4. The Labute approximate surface area is 172 Å². The van der Waals surface area contributed by atoms with Crippen LogP contribution in [0.2, 0.25) is 5.02 Å². The maximum absolute atomic E-state index is 13.0. The van der Waals surface area contributed by atoms with Gasteiger partial charge >= 0.3 is 0 Å². The third kappa shape index (κ3) is 6.68. The molecule has 2 aromatic rings. The van der Waals surface area contributed by atoms with Crippen LogP contribution in [-0.2, 0) is 22.4 Å². The monoisotopic (exact) mass is 400 g/mol. The summed E-state index contributed by atoms with van der Waals surface area (Å²) >= 11 is 5.93. The fourth-order valence-corrected chi connectivity index (χ4v) is 3.04. The van der Waals surface area contributed by atoms with Crippen molar-refractivity contribution >= 4 is 23.4 Å². The predicted octanol–water partition coefficient (Wildman–Crippen LogP) is 4.26. The Bertz CT molecular complexity index is 762. The maximum atomic E-state index is 13.0. The van der Waals surface area contributed by atoms with Gasteiger partial charge in [0.2, 0.25) is 11.8 Å². The highest BCUT2D eigenvalue weighted by Gasteiger charge is 2.26. The number of carbonyl (C=O) groups excluding carboxylic acids is 2. The van der Waals surface area contributed by atoms with Crippen molar-refractivity contribution in [2.24, 2.45) is 0 Å². The number of benzene rings is 2. The lowest BCUT2D eigenvalue weighted by atomic mass is 10.1. The van der Waals surface area contributed by atoms with Crippen molar-refractivity contribution < 1.29 is 9.59 Å². The van der Waals surface area contributed by atoms with E-state index >= 15 is 0 Å². The van der Waals surface area contributed by atoms with Gasteiger partial charge in [-0.25, -0.2) is 0 Å². The molecule has 0 spiro atoms. The highest BCUT2D eigenvalue weighted by Crippen LogP contribution is 2.13. The fraction of sp³-hybridized carbons (Fsp3) is 0.391. The third-order valence-electron chi connectivity index (χ3n) is 4.92. The Hall–Kier alpha value is -2.33. The van der Waals surface area contributed by atoms with Gasteiger partial charge in [-0.2, -0.15) is 0 Å². The van der Waals surface area contributed by atoms with Crippen molar-refractivity contribution in [1.82, 2.24) is 10.2 Å². The van der Waals surface area contributed by atoms with Gasteiger partial charge in [-0.05, 0) is 49.9 Å². The summed E-state index contributed by atoms with van der Waals surface area (Å²) < 4.78 is 0. The molecule has 0 aliphatic carbocycles. The minimum atomic E-state index is -0.530. The molecule has 0 saturated heterocycles. The smallest absolute Gasteiger partial charge is 0.242 e. The average Bonchev–Trinajstić information content (AvgIpc) is 2.70. The SMILES string of the molecule is CC[C@@H](C)NC(=O)[C@@H](C)N(CCc1ccccc1)C(=O)Cc1ccc(Cl)cc1. The lowest BCUT2D eigenvalue weighted by molar-refractivity contribution is -0.139. The molecule has 28 heavy (non-hydrogen) atoms. The summed E-state index contributed by atoms with van der Waals surface area (Å²) in [7, 11) is 0. The van der Waals surface area contributed by atoms with Gasteiger partial charge in [-0.3, -0.25) is 9.59 Å². The molecule has 0 bridgehead atoms. The van der Waals surface area contributed by atoms with E-state index in [1.54, 1.807) is 24.0 Å². The highest BCUT2D eigenvalue weighted by molar-refractivity contribution is 6.30. The van der Waals surface area contributed by atoms with Crippen LogP contribution in [0.15, 0.2) is 54.6 Å². The number of halogens is 1. The summed E-state index contributed by atoms with van der Waals surface area (Å²) in [5.41, 5.74) is 2.02. The van der Waals surface area contributed by atoms with Crippen molar-refractivity contribution in [3.05, 3.63) is 70.7 Å². The molecule has 2 rings (SSSR count). The van der Waals surface area contributed by atoms with Gasteiger partial charge < -0.3 is 10.2 Å². The number of nitrogens with one attached hydrogen (secondary N) is 1. The fourth-order valence-electron chi connectivity index (χ4n) is 2.91. The number of hydrogen-bond donors (Lipinski definition) is 1. The Kier molecular flexibility index (Phi) is 8.52. The van der Waals surface area contributed by atoms with Crippen LogP contribution < -0.4 is 5.32 Å². The molecular weight excluding hydrogens is 372 g/mol. The van der Waals surface area contributed by atoms with E-state index in [1.807, 2.05) is 56.3 Å². The second-order valence-electron chi connectivity index (χ2n) is 7.12. The van der Waals surface area contributed by atoms with E-state index in [4.69, 9.17) is 11.6 Å². The van der Waals surface area contributed by atoms with E-state index in [1.165, 1.54) is 0 Å². The van der Waals surface area contributed by atoms with E-state index in [-0.39, 0.29) is 24.3 Å². The van der Waals surface area contributed by atoms with Crippen LogP contribution >= 0.6 is 11.6 Å². The molecule has 4 nitrogen and oxygen atoms in total. The molecule has 0 saturated carbocycles. The van der Waals surface area contributed by atoms with E-state index < -0.39 is 6.04 Å². The van der Waals surface area contributed by atoms with Gasteiger partial charge in [0.1, 0.15) is 6.04 Å². The molecular formula is C23H29ClN2O2. The highest BCUT2D eigenvalue weighted by atomic mass is 35.5. The summed E-state index contributed by atoms with van der Waals surface area (Å²) in [4.78, 5) is 27.4. The second kappa shape index (κ2) is 10.9. The van der Waals surface area contributed by atoms with Crippen LogP contribution in [-0.4, -0.2) is 35.3 Å². The van der Waals surface area contributed by atoms with Gasteiger partial charge in [0.05, 0.1) is 6.42 Å². The van der Waals surface area contributed by atoms with Crippen molar-refractivity contribution in [1.29, 1.82) is 0 Å². The van der Waals surface area contributed by atoms with Crippen LogP contribution in [0.25, 0.3) is 0 Å². The number of amides is 2. The van der Waals surface area contributed by atoms with E-state index in [2.05, 4.69) is 5.32 Å². The molecule has 0 aliphatic heterocycles. The van der Waals surface area contributed by atoms with Gasteiger partial charge in [0.15, 0.2) is 0 Å². The van der Waals surface area contributed by atoms with Gasteiger partial charge in [0, 0.05) is 17.6 Å². The zero-order valence-corrected chi connectivity index (χ0v) is 17.6. The molecule has 0 aromatic heterocycles. The van der Waals surface area contributed by atoms with Crippen molar-refractivity contribution in [2.75, 3.05) is 6.54 Å². The summed E-state index contributed by atoms with van der Waals surface area (Å²) in [5, 5.41) is 3.62. The lowest BCUT2D eigenvalue weighted by Crippen LogP contribution is -2.50. The number of hydrogen-bond acceptors (Lipinski definition) is 2. The van der Waals surface area contributed by atoms with E-state index in [0.717, 1.165) is 17.5 Å². The molecule has 0 heterocycles. The summed E-state index contributed by atoms with van der Waals surface area (Å²) in [6, 6.07) is 16.8. The maximum Gasteiger partial charge on any atom is 0.242 e. The minimum Gasteiger partial charge on any atom is -0.352 e. The molecule has 0 unspecified atom stereocenters. The molecule has 0 aliphatic rings. The Balaban J connectivity index is 2.12. The van der Waals surface area contributed by atoms with Crippen LogP contribution in [0.5, 0.6) is 0 Å². The van der Waals surface area contributed by atoms with Crippen LogP contribution in [0.3, 0.4) is 0 Å². The summed E-state index contributed by atoms with van der Waals surface area (Å²) in [6.45, 7) is 6.27. The Morgan fingerprint density at radius 1 is 1.00 bits per heavy atom. The first-order valence-corrected chi connectivity index (χ1v) is 10.2. The van der Waals surface area contributed by atoms with E-state index in [0.29, 0.717) is 18.0 Å². The zero-order valence-electron chi connectivity index (χ0n) is 16.8. The lowest BCUT2D eigenvalue weighted by Gasteiger charge is -2.29. The van der Waals surface area contributed by atoms with Crippen molar-refractivity contribution in [2.45, 2.75) is 52.1 Å². The topological polar surface area (TPSA) is 49.4 Å². The minimum absolute atomic E-state index is 0.0648. The van der Waals surface area contributed by atoms with Crippen LogP contribution in [0.4, 0.5) is 0 Å². The first kappa shape index (κ1) is 22.0. The third-order valence-corrected chi connectivity index (χ3v) is 5.17. The average molecular weight is 401 g/mol. The molecule has 2 aromatic carbocycles. The number of carbonyl (C=O) groups is 2. The molecule has 0 fully saturated rings. The molecule has 1 N–H and O–H groups in total. The first-order valence-electron chi connectivity index (χ1n) is 9.79. The molecule has 0 radical (unpaired) electrons. The van der Waals surface area contributed by atoms with Gasteiger partial charge in [-0.15, -0.1) is 0 Å². The van der Waals surface area contributed by atoms with Crippen LogP contribution in [0, 0.1) is 0 Å². The zero-order chi connectivity index (χ0) is 20.5. The quantitative estimate of drug-likeness (QED) is 0.683. The van der Waals surface area contributed by atoms with E-state index in [9.17, 15) is 9.59 Å². The summed E-state index contributed by atoms with van der Waals surface area (Å²) in [6.07, 6.45) is 1.79. The largest absolute Gasteiger partial charge is 0.352 e. The normalized spacial score (nSPS) is 12.9. The number of rotatable bonds is 9. The van der Waals surface area contributed by atoms with Crippen molar-refractivity contribution in [3.8, 4) is 0 Å². The van der Waals surface area contributed by atoms with Crippen LogP contribution in [0.1, 0.15) is 38.3 Å².